The van der Waals surface area contributed by atoms with Crippen molar-refractivity contribution < 1.29 is 19.4 Å². The first-order chi connectivity index (χ1) is 8.49. The number of thiophene rings is 1. The number of carboxylic acid groups (broad SMARTS) is 1. The van der Waals surface area contributed by atoms with Crippen LogP contribution < -0.4 is 4.74 Å². The fraction of sp³-hybridized carbons (Fsp3) is 0.500. The van der Waals surface area contributed by atoms with Crippen LogP contribution >= 0.6 is 11.3 Å². The molecule has 1 heterocycles. The molecule has 100 valence electrons. The Balaban J connectivity index is 2.69. The number of hydrogen-bond donors (Lipinski definition) is 1. The molecule has 0 aliphatic heterocycles. The second-order valence-electron chi connectivity index (χ2n) is 3.71. The average Bonchev–Trinajstić information content (AvgIpc) is 2.69. The average molecular weight is 271 g/mol. The molecule has 0 spiro atoms. The molecule has 0 saturated heterocycles. The number of likely N-dealkylation sites (N-methyl/N-ethyl adjacent to an activating group) is 1. The van der Waals surface area contributed by atoms with Gasteiger partial charge in [0.15, 0.2) is 11.5 Å². The predicted octanol–water partition coefficient (Wildman–Crippen LogP) is 2.00. The first kappa shape index (κ1) is 14.5. The number of amides is 1. The maximum Gasteiger partial charge on any atom is 0.349 e. The number of hydrogen-bond acceptors (Lipinski definition) is 4. The summed E-state index contributed by atoms with van der Waals surface area (Å²) >= 11 is 1.14. The maximum absolute atomic E-state index is 11.7. The highest BCUT2D eigenvalue weighted by Crippen LogP contribution is 2.28. The molecule has 0 aliphatic carbocycles. The molecule has 0 aliphatic rings. The SMILES string of the molecule is CCN(CC)C(=O)COc1cc(C)sc1C(=O)O. The molecule has 1 amide bonds. The Kier molecular flexibility index (Phi) is 5.15. The van der Waals surface area contributed by atoms with Gasteiger partial charge in [0.1, 0.15) is 5.75 Å². The fourth-order valence-corrected chi connectivity index (χ4v) is 2.35. The van der Waals surface area contributed by atoms with Crippen molar-refractivity contribution in [2.75, 3.05) is 19.7 Å². The molecule has 1 aromatic heterocycles. The van der Waals surface area contributed by atoms with Gasteiger partial charge in [-0.1, -0.05) is 0 Å². The molecule has 0 atom stereocenters. The Morgan fingerprint density at radius 1 is 1.39 bits per heavy atom. The van der Waals surface area contributed by atoms with E-state index in [2.05, 4.69) is 0 Å². The van der Waals surface area contributed by atoms with Gasteiger partial charge in [0.25, 0.3) is 5.91 Å². The summed E-state index contributed by atoms with van der Waals surface area (Å²) in [4.78, 5) is 25.3. The van der Waals surface area contributed by atoms with Crippen molar-refractivity contribution >= 4 is 23.2 Å². The highest BCUT2D eigenvalue weighted by atomic mass is 32.1. The molecule has 0 radical (unpaired) electrons. The summed E-state index contributed by atoms with van der Waals surface area (Å²) in [5.74, 6) is -0.899. The lowest BCUT2D eigenvalue weighted by Crippen LogP contribution is -2.34. The van der Waals surface area contributed by atoms with E-state index in [1.165, 1.54) is 0 Å². The van der Waals surface area contributed by atoms with Crippen LogP contribution in [0.2, 0.25) is 0 Å². The number of ether oxygens (including phenoxy) is 1. The summed E-state index contributed by atoms with van der Waals surface area (Å²) < 4.78 is 5.30. The molecule has 5 nitrogen and oxygen atoms in total. The maximum atomic E-state index is 11.7. The van der Waals surface area contributed by atoms with Gasteiger partial charge in [-0.15, -0.1) is 11.3 Å². The van der Waals surface area contributed by atoms with Gasteiger partial charge < -0.3 is 14.7 Å². The van der Waals surface area contributed by atoms with Crippen molar-refractivity contribution in [3.63, 3.8) is 0 Å². The van der Waals surface area contributed by atoms with Crippen LogP contribution in [-0.2, 0) is 4.79 Å². The van der Waals surface area contributed by atoms with Crippen LogP contribution in [0.1, 0.15) is 28.4 Å². The summed E-state index contributed by atoms with van der Waals surface area (Å²) in [5, 5.41) is 8.98. The Morgan fingerprint density at radius 2 is 2.00 bits per heavy atom. The minimum Gasteiger partial charge on any atom is -0.482 e. The van der Waals surface area contributed by atoms with Crippen molar-refractivity contribution in [3.05, 3.63) is 15.8 Å². The van der Waals surface area contributed by atoms with Crippen LogP contribution in [-0.4, -0.2) is 41.6 Å². The van der Waals surface area contributed by atoms with Crippen LogP contribution in [0.15, 0.2) is 6.07 Å². The number of rotatable bonds is 6. The lowest BCUT2D eigenvalue weighted by Gasteiger charge is -2.18. The second kappa shape index (κ2) is 6.39. The molecule has 0 saturated carbocycles. The molecular formula is C12H17NO4S. The number of carboxylic acids is 1. The van der Waals surface area contributed by atoms with Crippen LogP contribution in [0, 0.1) is 6.92 Å². The van der Waals surface area contributed by atoms with E-state index in [-0.39, 0.29) is 23.1 Å². The Hall–Kier alpha value is -1.56. The molecule has 0 bridgehead atoms. The quantitative estimate of drug-likeness (QED) is 0.859. The summed E-state index contributed by atoms with van der Waals surface area (Å²) in [6.07, 6.45) is 0. The third-order valence-electron chi connectivity index (χ3n) is 2.48. The standard InChI is InChI=1S/C12H17NO4S/c1-4-13(5-2)10(14)7-17-9-6-8(3)18-11(9)12(15)16/h6H,4-5,7H2,1-3H3,(H,15,16). The van der Waals surface area contributed by atoms with Gasteiger partial charge in [-0.3, -0.25) is 4.79 Å². The van der Waals surface area contributed by atoms with E-state index < -0.39 is 5.97 Å². The number of aromatic carboxylic acids is 1. The largest absolute Gasteiger partial charge is 0.482 e. The molecular weight excluding hydrogens is 254 g/mol. The van der Waals surface area contributed by atoms with Gasteiger partial charge in [-0.05, 0) is 26.8 Å². The van der Waals surface area contributed by atoms with Crippen molar-refractivity contribution in [2.45, 2.75) is 20.8 Å². The van der Waals surface area contributed by atoms with E-state index in [1.807, 2.05) is 13.8 Å². The van der Waals surface area contributed by atoms with Crippen molar-refractivity contribution in [3.8, 4) is 5.75 Å². The minimum atomic E-state index is -1.03. The van der Waals surface area contributed by atoms with Gasteiger partial charge >= 0.3 is 5.97 Å². The first-order valence-corrected chi connectivity index (χ1v) is 6.55. The van der Waals surface area contributed by atoms with Gasteiger partial charge in [0.05, 0.1) is 0 Å². The van der Waals surface area contributed by atoms with E-state index in [1.54, 1.807) is 17.9 Å². The fourth-order valence-electron chi connectivity index (χ4n) is 1.55. The van der Waals surface area contributed by atoms with E-state index in [9.17, 15) is 9.59 Å². The molecule has 1 N–H and O–H groups in total. The summed E-state index contributed by atoms with van der Waals surface area (Å²) in [7, 11) is 0. The molecule has 6 heteroatoms. The van der Waals surface area contributed by atoms with Crippen LogP contribution in [0.4, 0.5) is 0 Å². The highest BCUT2D eigenvalue weighted by molar-refractivity contribution is 7.14. The molecule has 1 rings (SSSR count). The second-order valence-corrected chi connectivity index (χ2v) is 4.97. The number of nitrogens with zero attached hydrogens (tertiary/aromatic N) is 1. The van der Waals surface area contributed by atoms with Crippen molar-refractivity contribution in [1.29, 1.82) is 0 Å². The highest BCUT2D eigenvalue weighted by Gasteiger charge is 2.17. The minimum absolute atomic E-state index is 0.127. The Labute approximate surface area is 110 Å². The molecule has 0 aromatic carbocycles. The molecule has 0 unspecified atom stereocenters. The third-order valence-corrected chi connectivity index (χ3v) is 3.50. The lowest BCUT2D eigenvalue weighted by molar-refractivity contribution is -0.132. The van der Waals surface area contributed by atoms with Gasteiger partial charge in [-0.2, -0.15) is 0 Å². The summed E-state index contributed by atoms with van der Waals surface area (Å²) in [6, 6.07) is 1.64. The zero-order valence-corrected chi connectivity index (χ0v) is 11.5. The smallest absolute Gasteiger partial charge is 0.349 e. The van der Waals surface area contributed by atoms with Crippen LogP contribution in [0.25, 0.3) is 0 Å². The van der Waals surface area contributed by atoms with E-state index in [4.69, 9.17) is 9.84 Å². The summed E-state index contributed by atoms with van der Waals surface area (Å²) in [5.41, 5.74) is 0. The predicted molar refractivity (Wildman–Crippen MR) is 69.4 cm³/mol. The monoisotopic (exact) mass is 271 g/mol. The summed E-state index contributed by atoms with van der Waals surface area (Å²) in [6.45, 7) is 6.69. The van der Waals surface area contributed by atoms with Gasteiger partial charge in [-0.25, -0.2) is 4.79 Å². The molecule has 1 aromatic rings. The van der Waals surface area contributed by atoms with Gasteiger partial charge in [0, 0.05) is 18.0 Å². The Bertz CT molecular complexity index is 437. The van der Waals surface area contributed by atoms with E-state index in [0.717, 1.165) is 16.2 Å². The zero-order chi connectivity index (χ0) is 13.7. The molecule has 18 heavy (non-hydrogen) atoms. The zero-order valence-electron chi connectivity index (χ0n) is 10.7. The molecule has 0 fully saturated rings. The van der Waals surface area contributed by atoms with Crippen LogP contribution in [0.5, 0.6) is 5.75 Å². The number of carbonyl (C=O) groups excluding carboxylic acids is 1. The number of aryl methyl sites for hydroxylation is 1. The van der Waals surface area contributed by atoms with Crippen molar-refractivity contribution in [1.82, 2.24) is 4.90 Å². The lowest BCUT2D eigenvalue weighted by atomic mass is 10.4. The van der Waals surface area contributed by atoms with E-state index in [0.29, 0.717) is 13.1 Å². The van der Waals surface area contributed by atoms with E-state index >= 15 is 0 Å². The van der Waals surface area contributed by atoms with Crippen LogP contribution in [0.3, 0.4) is 0 Å². The van der Waals surface area contributed by atoms with Gasteiger partial charge in [0.2, 0.25) is 0 Å². The number of carbonyl (C=O) groups is 2. The van der Waals surface area contributed by atoms with Crippen molar-refractivity contribution in [2.24, 2.45) is 0 Å². The first-order valence-electron chi connectivity index (χ1n) is 5.73. The topological polar surface area (TPSA) is 66.8 Å². The normalized spacial score (nSPS) is 10.2. The Morgan fingerprint density at radius 3 is 2.50 bits per heavy atom. The third kappa shape index (κ3) is 3.46.